The fourth-order valence-electron chi connectivity index (χ4n) is 3.22. The number of ether oxygens (including phenoxy) is 3. The van der Waals surface area contributed by atoms with Crippen LogP contribution in [0.3, 0.4) is 0 Å². The molecule has 11 heteroatoms. The number of rotatable bonds is 6. The highest BCUT2D eigenvalue weighted by Gasteiger charge is 2.18. The molecule has 0 saturated heterocycles. The standard InChI is InChI=1S/C22H19N3O7S/c1-2-30-21(27)13-24-16-11-17-18(32-9-8-31-17)12-19(16)33-22(24)23-20(26)7-6-14-4-3-5-15(10-14)25(28)29/h3-7,10-12H,2,8-9,13H2,1H3/b7-6+,23-22?. The number of aromatic nitrogens is 1. The van der Waals surface area contributed by atoms with Crippen molar-refractivity contribution < 1.29 is 28.7 Å². The highest BCUT2D eigenvalue weighted by Crippen LogP contribution is 2.35. The van der Waals surface area contributed by atoms with Crippen LogP contribution in [0.2, 0.25) is 0 Å². The summed E-state index contributed by atoms with van der Waals surface area (Å²) in [6.07, 6.45) is 2.66. The molecule has 4 rings (SSSR count). The molecule has 3 aromatic rings. The second-order valence-corrected chi connectivity index (χ2v) is 7.88. The molecule has 0 atom stereocenters. The lowest BCUT2D eigenvalue weighted by atomic mass is 10.2. The van der Waals surface area contributed by atoms with Crippen LogP contribution in [-0.4, -0.2) is 41.2 Å². The van der Waals surface area contributed by atoms with Gasteiger partial charge in [0.2, 0.25) is 0 Å². The van der Waals surface area contributed by atoms with Crippen molar-refractivity contribution in [2.75, 3.05) is 19.8 Å². The van der Waals surface area contributed by atoms with E-state index in [9.17, 15) is 19.7 Å². The number of esters is 1. The zero-order valence-corrected chi connectivity index (χ0v) is 18.4. The first-order chi connectivity index (χ1) is 15.9. The summed E-state index contributed by atoms with van der Waals surface area (Å²) < 4.78 is 18.7. The van der Waals surface area contributed by atoms with Crippen molar-refractivity contribution >= 4 is 45.2 Å². The van der Waals surface area contributed by atoms with Gasteiger partial charge in [0, 0.05) is 30.3 Å². The molecule has 0 unspecified atom stereocenters. The Morgan fingerprint density at radius 2 is 2.00 bits per heavy atom. The van der Waals surface area contributed by atoms with E-state index in [1.165, 1.54) is 41.7 Å². The maximum Gasteiger partial charge on any atom is 0.326 e. The smallest absolute Gasteiger partial charge is 0.326 e. The largest absolute Gasteiger partial charge is 0.486 e. The number of carbonyl (C=O) groups is 2. The fraction of sp³-hybridized carbons (Fsp3) is 0.227. The third-order valence-corrected chi connectivity index (χ3v) is 5.69. The maximum absolute atomic E-state index is 12.5. The molecule has 0 spiro atoms. The fourth-order valence-corrected chi connectivity index (χ4v) is 4.27. The van der Waals surface area contributed by atoms with Gasteiger partial charge in [-0.05, 0) is 18.6 Å². The van der Waals surface area contributed by atoms with Gasteiger partial charge in [-0.25, -0.2) is 0 Å². The molecule has 1 aromatic heterocycles. The molecule has 0 fully saturated rings. The van der Waals surface area contributed by atoms with Gasteiger partial charge in [-0.1, -0.05) is 23.5 Å². The van der Waals surface area contributed by atoms with Gasteiger partial charge in [-0.3, -0.25) is 19.7 Å². The average molecular weight is 469 g/mol. The monoisotopic (exact) mass is 469 g/mol. The Balaban J connectivity index is 1.71. The van der Waals surface area contributed by atoms with Gasteiger partial charge in [0.05, 0.1) is 21.7 Å². The average Bonchev–Trinajstić information content (AvgIpc) is 3.12. The number of nitro benzene ring substituents is 1. The lowest BCUT2D eigenvalue weighted by molar-refractivity contribution is -0.384. The van der Waals surface area contributed by atoms with Crippen molar-refractivity contribution in [1.82, 2.24) is 4.57 Å². The Morgan fingerprint density at radius 1 is 1.24 bits per heavy atom. The molecule has 0 N–H and O–H groups in total. The third-order valence-electron chi connectivity index (χ3n) is 4.64. The summed E-state index contributed by atoms with van der Waals surface area (Å²) in [7, 11) is 0. The van der Waals surface area contributed by atoms with E-state index in [0.29, 0.717) is 40.6 Å². The summed E-state index contributed by atoms with van der Waals surface area (Å²) in [6, 6.07) is 9.44. The van der Waals surface area contributed by atoms with E-state index in [2.05, 4.69) is 4.99 Å². The van der Waals surface area contributed by atoms with Crippen LogP contribution in [0.4, 0.5) is 5.69 Å². The minimum atomic E-state index is -0.581. The first kappa shape index (κ1) is 22.2. The number of hydrogen-bond acceptors (Lipinski definition) is 8. The molecule has 170 valence electrons. The van der Waals surface area contributed by atoms with Gasteiger partial charge in [-0.2, -0.15) is 4.99 Å². The maximum atomic E-state index is 12.5. The number of amides is 1. The first-order valence-corrected chi connectivity index (χ1v) is 10.9. The van der Waals surface area contributed by atoms with Gasteiger partial charge < -0.3 is 18.8 Å². The quantitative estimate of drug-likeness (QED) is 0.235. The van der Waals surface area contributed by atoms with Crippen LogP contribution >= 0.6 is 11.3 Å². The molecule has 10 nitrogen and oxygen atoms in total. The molecule has 0 radical (unpaired) electrons. The van der Waals surface area contributed by atoms with Crippen LogP contribution in [0.5, 0.6) is 11.5 Å². The van der Waals surface area contributed by atoms with Gasteiger partial charge in [0.25, 0.3) is 11.6 Å². The van der Waals surface area contributed by atoms with E-state index in [-0.39, 0.29) is 18.8 Å². The highest BCUT2D eigenvalue weighted by molar-refractivity contribution is 7.16. The topological polar surface area (TPSA) is 122 Å². The zero-order chi connectivity index (χ0) is 23.4. The summed E-state index contributed by atoms with van der Waals surface area (Å²) in [6.45, 7) is 2.66. The van der Waals surface area contributed by atoms with E-state index in [1.54, 1.807) is 29.7 Å². The number of hydrogen-bond donors (Lipinski definition) is 0. The Kier molecular flexibility index (Phi) is 6.50. The number of nitro groups is 1. The lowest BCUT2D eigenvalue weighted by Gasteiger charge is -2.18. The Labute approximate surface area is 191 Å². The van der Waals surface area contributed by atoms with Gasteiger partial charge in [-0.15, -0.1) is 0 Å². The normalized spacial score (nSPS) is 13.4. The molecule has 1 aliphatic heterocycles. The lowest BCUT2D eigenvalue weighted by Crippen LogP contribution is -2.23. The van der Waals surface area contributed by atoms with Crippen LogP contribution in [0.15, 0.2) is 47.5 Å². The molecule has 0 saturated carbocycles. The number of benzene rings is 2. The highest BCUT2D eigenvalue weighted by atomic mass is 32.1. The molecular weight excluding hydrogens is 450 g/mol. The predicted molar refractivity (Wildman–Crippen MR) is 120 cm³/mol. The van der Waals surface area contributed by atoms with E-state index < -0.39 is 16.8 Å². The number of non-ortho nitro benzene ring substituents is 1. The SMILES string of the molecule is CCOC(=O)Cn1c(=NC(=O)/C=C/c2cccc([N+](=O)[O-])c2)sc2cc3c(cc21)OCCO3. The van der Waals surface area contributed by atoms with Crippen LogP contribution in [0.25, 0.3) is 16.3 Å². The van der Waals surface area contributed by atoms with Crippen molar-refractivity contribution in [3.05, 3.63) is 63.0 Å². The summed E-state index contributed by atoms with van der Waals surface area (Å²) in [4.78, 5) is 39.6. The van der Waals surface area contributed by atoms with Crippen LogP contribution in [-0.2, 0) is 20.9 Å². The molecule has 2 aromatic carbocycles. The van der Waals surface area contributed by atoms with Gasteiger partial charge in [0.15, 0.2) is 16.3 Å². The summed E-state index contributed by atoms with van der Waals surface area (Å²) in [5.41, 5.74) is 1.07. The van der Waals surface area contributed by atoms with Crippen LogP contribution in [0.1, 0.15) is 12.5 Å². The van der Waals surface area contributed by atoms with Crippen molar-refractivity contribution in [2.24, 2.45) is 4.99 Å². The van der Waals surface area contributed by atoms with Crippen molar-refractivity contribution in [1.29, 1.82) is 0 Å². The zero-order valence-electron chi connectivity index (χ0n) is 17.6. The van der Waals surface area contributed by atoms with Crippen molar-refractivity contribution in [3.8, 4) is 11.5 Å². The molecule has 33 heavy (non-hydrogen) atoms. The second kappa shape index (κ2) is 9.65. The third kappa shape index (κ3) is 5.09. The molecular formula is C22H19N3O7S. The first-order valence-electron chi connectivity index (χ1n) is 10.0. The molecule has 1 aliphatic rings. The Bertz CT molecular complexity index is 1340. The van der Waals surface area contributed by atoms with E-state index in [0.717, 1.165) is 4.70 Å². The van der Waals surface area contributed by atoms with Crippen molar-refractivity contribution in [3.63, 3.8) is 0 Å². The summed E-state index contributed by atoms with van der Waals surface area (Å²) >= 11 is 1.22. The number of thiazole rings is 1. The molecule has 1 amide bonds. The minimum absolute atomic E-state index is 0.0771. The molecule has 0 bridgehead atoms. The minimum Gasteiger partial charge on any atom is -0.486 e. The van der Waals surface area contributed by atoms with E-state index in [1.807, 2.05) is 0 Å². The Hall–Kier alpha value is -3.99. The summed E-state index contributed by atoms with van der Waals surface area (Å²) in [5, 5.41) is 10.9. The van der Waals surface area contributed by atoms with Crippen LogP contribution in [0, 0.1) is 10.1 Å². The van der Waals surface area contributed by atoms with E-state index in [4.69, 9.17) is 14.2 Å². The second-order valence-electron chi connectivity index (χ2n) is 6.87. The molecule has 0 aliphatic carbocycles. The van der Waals surface area contributed by atoms with Crippen LogP contribution < -0.4 is 14.3 Å². The number of fused-ring (bicyclic) bond motifs is 2. The number of carbonyl (C=O) groups excluding carboxylic acids is 2. The van der Waals surface area contributed by atoms with Crippen molar-refractivity contribution in [2.45, 2.75) is 13.5 Å². The summed E-state index contributed by atoms with van der Waals surface area (Å²) in [5.74, 6) is 0.0883. The Morgan fingerprint density at radius 3 is 2.73 bits per heavy atom. The number of nitrogens with zero attached hydrogens (tertiary/aromatic N) is 3. The van der Waals surface area contributed by atoms with E-state index >= 15 is 0 Å². The molecule has 2 heterocycles. The van der Waals surface area contributed by atoms with Gasteiger partial charge >= 0.3 is 5.97 Å². The van der Waals surface area contributed by atoms with Gasteiger partial charge in [0.1, 0.15) is 19.8 Å². The predicted octanol–water partition coefficient (Wildman–Crippen LogP) is 3.09.